The topological polar surface area (TPSA) is 98.2 Å². The molecule has 1 N–H and O–H groups in total. The van der Waals surface area contributed by atoms with Crippen LogP contribution in [0.4, 0.5) is 0 Å². The van der Waals surface area contributed by atoms with E-state index in [-0.39, 0.29) is 41.0 Å². The van der Waals surface area contributed by atoms with Crippen LogP contribution < -0.4 is 0 Å². The molecule has 1 fully saturated rings. The molecule has 0 atom stereocenters. The highest BCUT2D eigenvalue weighted by molar-refractivity contribution is 7.89. The molecule has 0 aromatic heterocycles. The second kappa shape index (κ2) is 7.69. The lowest BCUT2D eigenvalue weighted by atomic mass is 10.2. The molecule has 1 amide bonds. The molecular weight excluding hydrogens is 370 g/mol. The van der Waals surface area contributed by atoms with Crippen molar-refractivity contribution in [2.24, 2.45) is 0 Å². The summed E-state index contributed by atoms with van der Waals surface area (Å²) in [6.45, 7) is 1.21. The Morgan fingerprint density at radius 1 is 1.20 bits per heavy atom. The van der Waals surface area contributed by atoms with Crippen LogP contribution in [0.3, 0.4) is 0 Å². The highest BCUT2D eigenvalue weighted by Crippen LogP contribution is 2.26. The number of sulfonamides is 1. The molecule has 1 saturated heterocycles. The first-order valence-corrected chi connectivity index (χ1v) is 9.40. The second-order valence-electron chi connectivity index (χ2n) is 5.97. The summed E-state index contributed by atoms with van der Waals surface area (Å²) in [5.74, 6) is -1.23. The standard InChI is InChI=1S/C15H20ClN3O5S/c1-17(2)10-14(20)18-5-7-19(8-6-18)25(23,24)13-4-3-11(15(21)22)9-12(13)16/h3-4,9H,5-8,10H2,1-2H3,(H,21,22). The molecule has 8 nitrogen and oxygen atoms in total. The summed E-state index contributed by atoms with van der Waals surface area (Å²) >= 11 is 5.97. The van der Waals surface area contributed by atoms with E-state index < -0.39 is 16.0 Å². The Hall–Kier alpha value is -1.68. The minimum absolute atomic E-state index is 0.0501. The van der Waals surface area contributed by atoms with E-state index in [9.17, 15) is 18.0 Å². The van der Waals surface area contributed by atoms with Crippen LogP contribution in [0.5, 0.6) is 0 Å². The first-order chi connectivity index (χ1) is 11.6. The van der Waals surface area contributed by atoms with E-state index in [1.54, 1.807) is 23.9 Å². The molecule has 1 aliphatic rings. The van der Waals surface area contributed by atoms with Crippen molar-refractivity contribution >= 4 is 33.5 Å². The van der Waals surface area contributed by atoms with E-state index >= 15 is 0 Å². The fraction of sp³-hybridized carbons (Fsp3) is 0.467. The number of hydrogen-bond acceptors (Lipinski definition) is 5. The van der Waals surface area contributed by atoms with Gasteiger partial charge in [0.05, 0.1) is 17.1 Å². The predicted octanol–water partition coefficient (Wildman–Crippen LogP) is 0.433. The Labute approximate surface area is 151 Å². The molecule has 0 spiro atoms. The Balaban J connectivity index is 2.12. The Morgan fingerprint density at radius 3 is 2.28 bits per heavy atom. The van der Waals surface area contributed by atoms with Gasteiger partial charge in [0.25, 0.3) is 0 Å². The predicted molar refractivity (Wildman–Crippen MR) is 92.3 cm³/mol. The maximum Gasteiger partial charge on any atom is 0.335 e. The Morgan fingerprint density at radius 2 is 1.80 bits per heavy atom. The Kier molecular flexibility index (Phi) is 6.04. The van der Waals surface area contributed by atoms with Crippen molar-refractivity contribution < 1.29 is 23.1 Å². The molecular formula is C15H20ClN3O5S. The van der Waals surface area contributed by atoms with Crippen molar-refractivity contribution in [3.63, 3.8) is 0 Å². The summed E-state index contributed by atoms with van der Waals surface area (Å²) in [7, 11) is -0.261. The average molecular weight is 390 g/mol. The third kappa shape index (κ3) is 4.49. The summed E-state index contributed by atoms with van der Waals surface area (Å²) in [5, 5.41) is 8.80. The Bertz CT molecular complexity index is 773. The number of carboxylic acid groups (broad SMARTS) is 1. The van der Waals surface area contributed by atoms with Crippen LogP contribution in [0.15, 0.2) is 23.1 Å². The van der Waals surface area contributed by atoms with Crippen molar-refractivity contribution in [2.45, 2.75) is 4.90 Å². The maximum atomic E-state index is 12.7. The monoisotopic (exact) mass is 389 g/mol. The number of nitrogens with zero attached hydrogens (tertiary/aromatic N) is 3. The largest absolute Gasteiger partial charge is 0.478 e. The van der Waals surface area contributed by atoms with E-state index in [1.165, 1.54) is 16.4 Å². The van der Waals surface area contributed by atoms with Crippen molar-refractivity contribution in [1.29, 1.82) is 0 Å². The molecule has 1 aromatic rings. The van der Waals surface area contributed by atoms with Crippen LogP contribution in [0.25, 0.3) is 0 Å². The number of rotatable bonds is 5. The smallest absolute Gasteiger partial charge is 0.335 e. The average Bonchev–Trinajstić information content (AvgIpc) is 2.53. The molecule has 0 bridgehead atoms. The second-order valence-corrected chi connectivity index (χ2v) is 8.29. The number of hydrogen-bond donors (Lipinski definition) is 1. The summed E-state index contributed by atoms with van der Waals surface area (Å²) in [4.78, 5) is 26.2. The van der Waals surface area contributed by atoms with E-state index in [0.29, 0.717) is 13.1 Å². The zero-order valence-electron chi connectivity index (χ0n) is 14.0. The number of aromatic carboxylic acids is 1. The summed E-state index contributed by atoms with van der Waals surface area (Å²) in [5.41, 5.74) is -0.0805. The molecule has 0 unspecified atom stereocenters. The molecule has 2 rings (SSSR count). The number of likely N-dealkylation sites (N-methyl/N-ethyl adjacent to an activating group) is 1. The van der Waals surface area contributed by atoms with Gasteiger partial charge in [-0.3, -0.25) is 4.79 Å². The molecule has 1 aliphatic heterocycles. The van der Waals surface area contributed by atoms with E-state index in [1.807, 2.05) is 0 Å². The highest BCUT2D eigenvalue weighted by Gasteiger charge is 2.31. The van der Waals surface area contributed by atoms with Crippen molar-refractivity contribution in [3.05, 3.63) is 28.8 Å². The summed E-state index contributed by atoms with van der Waals surface area (Å²) in [6.07, 6.45) is 0. The lowest BCUT2D eigenvalue weighted by Crippen LogP contribution is -2.52. The van der Waals surface area contributed by atoms with Gasteiger partial charge >= 0.3 is 5.97 Å². The SMILES string of the molecule is CN(C)CC(=O)N1CCN(S(=O)(=O)c2ccc(C(=O)O)cc2Cl)CC1. The molecule has 1 aromatic carbocycles. The van der Waals surface area contributed by atoms with Gasteiger partial charge in [-0.15, -0.1) is 0 Å². The van der Waals surface area contributed by atoms with E-state index in [2.05, 4.69) is 0 Å². The van der Waals surface area contributed by atoms with Crippen LogP contribution in [-0.4, -0.2) is 86.3 Å². The van der Waals surface area contributed by atoms with Gasteiger partial charge in [0, 0.05) is 26.2 Å². The molecule has 1 heterocycles. The third-order valence-electron chi connectivity index (χ3n) is 3.84. The minimum atomic E-state index is -3.85. The van der Waals surface area contributed by atoms with Gasteiger partial charge < -0.3 is 14.9 Å². The van der Waals surface area contributed by atoms with Gasteiger partial charge in [-0.05, 0) is 32.3 Å². The van der Waals surface area contributed by atoms with Crippen molar-refractivity contribution in [3.8, 4) is 0 Å². The number of benzene rings is 1. The van der Waals surface area contributed by atoms with Crippen LogP contribution in [0, 0.1) is 0 Å². The van der Waals surface area contributed by atoms with Gasteiger partial charge in [-0.1, -0.05) is 11.6 Å². The van der Waals surface area contributed by atoms with Crippen LogP contribution >= 0.6 is 11.6 Å². The molecule has 10 heteroatoms. The molecule has 0 saturated carbocycles. The van der Waals surface area contributed by atoms with Gasteiger partial charge in [0.2, 0.25) is 15.9 Å². The number of carboxylic acids is 1. The van der Waals surface area contributed by atoms with Gasteiger partial charge in [-0.25, -0.2) is 13.2 Å². The van der Waals surface area contributed by atoms with Gasteiger partial charge in [0.15, 0.2) is 0 Å². The lowest BCUT2D eigenvalue weighted by Gasteiger charge is -2.34. The van der Waals surface area contributed by atoms with Gasteiger partial charge in [0.1, 0.15) is 4.90 Å². The normalized spacial score (nSPS) is 16.2. The van der Waals surface area contributed by atoms with Crippen LogP contribution in [0.2, 0.25) is 5.02 Å². The lowest BCUT2D eigenvalue weighted by molar-refractivity contribution is -0.133. The van der Waals surface area contributed by atoms with E-state index in [4.69, 9.17) is 16.7 Å². The summed E-state index contributed by atoms with van der Waals surface area (Å²) < 4.78 is 26.7. The van der Waals surface area contributed by atoms with E-state index in [0.717, 1.165) is 6.07 Å². The number of amides is 1. The number of carbonyl (C=O) groups is 2. The number of halogens is 1. The van der Waals surface area contributed by atoms with Gasteiger partial charge in [-0.2, -0.15) is 4.31 Å². The van der Waals surface area contributed by atoms with Crippen LogP contribution in [-0.2, 0) is 14.8 Å². The zero-order valence-corrected chi connectivity index (χ0v) is 15.5. The summed E-state index contributed by atoms with van der Waals surface area (Å²) in [6, 6.07) is 3.52. The quantitative estimate of drug-likeness (QED) is 0.784. The molecule has 25 heavy (non-hydrogen) atoms. The third-order valence-corrected chi connectivity index (χ3v) is 6.22. The van der Waals surface area contributed by atoms with Crippen LogP contribution in [0.1, 0.15) is 10.4 Å². The fourth-order valence-corrected chi connectivity index (χ4v) is 4.47. The molecule has 0 aliphatic carbocycles. The first-order valence-electron chi connectivity index (χ1n) is 7.58. The first kappa shape index (κ1) is 19.6. The highest BCUT2D eigenvalue weighted by atomic mass is 35.5. The number of carbonyl (C=O) groups excluding carboxylic acids is 1. The maximum absolute atomic E-state index is 12.7. The molecule has 0 radical (unpaired) electrons. The fourth-order valence-electron chi connectivity index (χ4n) is 2.53. The van der Waals surface area contributed by atoms with Crippen molar-refractivity contribution in [1.82, 2.24) is 14.1 Å². The molecule has 138 valence electrons. The number of piperazine rings is 1. The van der Waals surface area contributed by atoms with Crippen molar-refractivity contribution in [2.75, 3.05) is 46.8 Å². The zero-order chi connectivity index (χ0) is 18.8. The minimum Gasteiger partial charge on any atom is -0.478 e.